The molecule has 0 aliphatic carbocycles. The third-order valence-corrected chi connectivity index (χ3v) is 4.38. The van der Waals surface area contributed by atoms with Gasteiger partial charge in [-0.3, -0.25) is 4.79 Å². The number of nitrogens with zero attached hydrogens (tertiary/aromatic N) is 5. The minimum atomic E-state index is -0.291. The summed E-state index contributed by atoms with van der Waals surface area (Å²) in [4.78, 5) is 21.8. The van der Waals surface area contributed by atoms with Crippen molar-refractivity contribution in [1.82, 2.24) is 24.5 Å². The number of benzene rings is 1. The Morgan fingerprint density at radius 3 is 2.77 bits per heavy atom. The van der Waals surface area contributed by atoms with Crippen LogP contribution in [0, 0.1) is 17.7 Å². The molecule has 2 aromatic heterocycles. The number of hydrogen-bond donors (Lipinski definition) is 0. The summed E-state index contributed by atoms with van der Waals surface area (Å²) in [5.74, 6) is 6.75. The van der Waals surface area contributed by atoms with E-state index in [0.717, 1.165) is 37.8 Å². The van der Waals surface area contributed by atoms with E-state index in [1.165, 1.54) is 12.1 Å². The van der Waals surface area contributed by atoms with E-state index in [4.69, 9.17) is 0 Å². The summed E-state index contributed by atoms with van der Waals surface area (Å²) in [6.45, 7) is 0.728. The van der Waals surface area contributed by atoms with Crippen LogP contribution in [0.25, 0.3) is 5.78 Å². The maximum Gasteiger partial charge on any atom is 0.252 e. The molecule has 3 heterocycles. The van der Waals surface area contributed by atoms with Crippen LogP contribution in [-0.4, -0.2) is 37.4 Å². The van der Waals surface area contributed by atoms with Crippen molar-refractivity contribution >= 4 is 12.2 Å². The van der Waals surface area contributed by atoms with E-state index in [1.807, 2.05) is 0 Å². The average Bonchev–Trinajstić information content (AvgIpc) is 3.10. The lowest BCUT2D eigenvalue weighted by atomic mass is 10.0. The molecule has 7 heteroatoms. The number of halogens is 1. The van der Waals surface area contributed by atoms with Gasteiger partial charge in [0.1, 0.15) is 5.82 Å². The molecule has 130 valence electrons. The molecular weight excluding hydrogens is 333 g/mol. The zero-order chi connectivity index (χ0) is 17.9. The van der Waals surface area contributed by atoms with Crippen molar-refractivity contribution in [3.05, 3.63) is 59.4 Å². The third-order valence-electron chi connectivity index (χ3n) is 4.38. The Labute approximate surface area is 149 Å². The molecule has 6 nitrogen and oxygen atoms in total. The smallest absolute Gasteiger partial charge is 0.252 e. The summed E-state index contributed by atoms with van der Waals surface area (Å²) in [7, 11) is 0. The van der Waals surface area contributed by atoms with Crippen LogP contribution >= 0.6 is 0 Å². The second-order valence-corrected chi connectivity index (χ2v) is 6.17. The molecule has 1 saturated heterocycles. The zero-order valence-electron chi connectivity index (χ0n) is 14.0. The average molecular weight is 349 g/mol. The lowest BCUT2D eigenvalue weighted by molar-refractivity contribution is -0.121. The first-order valence-corrected chi connectivity index (χ1v) is 8.44. The summed E-state index contributed by atoms with van der Waals surface area (Å²) in [6, 6.07) is 5.89. The van der Waals surface area contributed by atoms with E-state index in [1.54, 1.807) is 33.9 Å². The molecule has 0 bridgehead atoms. The predicted molar refractivity (Wildman–Crippen MR) is 92.5 cm³/mol. The fraction of sp³-hybridized carbons (Fsp3) is 0.263. The SMILES string of the molecule is O=CN1CCCCC1c1nc2ncc(C#Cc3ccc(F)cc3)cn2n1. The highest BCUT2D eigenvalue weighted by molar-refractivity contribution is 5.48. The van der Waals surface area contributed by atoms with E-state index < -0.39 is 0 Å². The second kappa shape index (κ2) is 6.92. The maximum atomic E-state index is 12.9. The Morgan fingerprint density at radius 1 is 1.15 bits per heavy atom. The first-order chi connectivity index (χ1) is 12.7. The molecular formula is C19H16FN5O. The molecule has 26 heavy (non-hydrogen) atoms. The summed E-state index contributed by atoms with van der Waals surface area (Å²) in [5.41, 5.74) is 1.39. The highest BCUT2D eigenvalue weighted by atomic mass is 19.1. The van der Waals surface area contributed by atoms with Crippen molar-refractivity contribution in [3.63, 3.8) is 0 Å². The largest absolute Gasteiger partial charge is 0.335 e. The Hall–Kier alpha value is -3.27. The number of carbonyl (C=O) groups excluding carboxylic acids is 1. The number of fused-ring (bicyclic) bond motifs is 1. The highest BCUT2D eigenvalue weighted by Gasteiger charge is 2.26. The van der Waals surface area contributed by atoms with E-state index in [-0.39, 0.29) is 11.9 Å². The van der Waals surface area contributed by atoms with Crippen LogP contribution in [0.2, 0.25) is 0 Å². The van der Waals surface area contributed by atoms with Crippen molar-refractivity contribution in [1.29, 1.82) is 0 Å². The van der Waals surface area contributed by atoms with Crippen molar-refractivity contribution < 1.29 is 9.18 Å². The Kier molecular flexibility index (Phi) is 4.32. The lowest BCUT2D eigenvalue weighted by Gasteiger charge is -2.30. The minimum absolute atomic E-state index is 0.100. The number of amides is 1. The molecule has 1 fully saturated rings. The Balaban J connectivity index is 1.62. The van der Waals surface area contributed by atoms with Crippen LogP contribution in [0.1, 0.15) is 42.3 Å². The molecule has 0 N–H and O–H groups in total. The van der Waals surface area contributed by atoms with Gasteiger partial charge in [0.05, 0.1) is 11.6 Å². The van der Waals surface area contributed by atoms with Crippen LogP contribution in [0.4, 0.5) is 4.39 Å². The van der Waals surface area contributed by atoms with E-state index in [0.29, 0.717) is 17.2 Å². The lowest BCUT2D eigenvalue weighted by Crippen LogP contribution is -2.32. The molecule has 1 aliphatic heterocycles. The Morgan fingerprint density at radius 2 is 1.96 bits per heavy atom. The molecule has 0 spiro atoms. The third kappa shape index (κ3) is 3.26. The van der Waals surface area contributed by atoms with Crippen LogP contribution < -0.4 is 0 Å². The monoisotopic (exact) mass is 349 g/mol. The van der Waals surface area contributed by atoms with Gasteiger partial charge in [-0.05, 0) is 43.5 Å². The van der Waals surface area contributed by atoms with Crippen molar-refractivity contribution in [2.75, 3.05) is 6.54 Å². The minimum Gasteiger partial charge on any atom is -0.335 e. The van der Waals surface area contributed by atoms with Gasteiger partial charge in [0.25, 0.3) is 5.78 Å². The summed E-state index contributed by atoms with van der Waals surface area (Å²) >= 11 is 0. The number of carbonyl (C=O) groups is 1. The van der Waals surface area contributed by atoms with E-state index in [9.17, 15) is 9.18 Å². The van der Waals surface area contributed by atoms with E-state index in [2.05, 4.69) is 26.9 Å². The summed E-state index contributed by atoms with van der Waals surface area (Å²) in [6.07, 6.45) is 7.15. The zero-order valence-corrected chi connectivity index (χ0v) is 14.0. The van der Waals surface area contributed by atoms with Gasteiger partial charge < -0.3 is 4.90 Å². The van der Waals surface area contributed by atoms with Gasteiger partial charge in [0, 0.05) is 24.5 Å². The van der Waals surface area contributed by atoms with Gasteiger partial charge in [-0.15, -0.1) is 5.10 Å². The maximum absolute atomic E-state index is 12.9. The van der Waals surface area contributed by atoms with Gasteiger partial charge >= 0.3 is 0 Å². The summed E-state index contributed by atoms with van der Waals surface area (Å²) in [5, 5.41) is 4.49. The Bertz CT molecular complexity index is 1000. The van der Waals surface area contributed by atoms with Gasteiger partial charge in [-0.25, -0.2) is 13.9 Å². The van der Waals surface area contributed by atoms with Crippen molar-refractivity contribution in [2.24, 2.45) is 0 Å². The molecule has 1 amide bonds. The number of hydrogen-bond acceptors (Lipinski definition) is 4. The van der Waals surface area contributed by atoms with Crippen molar-refractivity contribution in [2.45, 2.75) is 25.3 Å². The van der Waals surface area contributed by atoms with Gasteiger partial charge in [0.2, 0.25) is 6.41 Å². The quantitative estimate of drug-likeness (QED) is 0.526. The molecule has 1 aromatic carbocycles. The molecule has 0 saturated carbocycles. The molecule has 0 radical (unpaired) electrons. The molecule has 4 rings (SSSR count). The number of rotatable bonds is 2. The van der Waals surface area contributed by atoms with Crippen molar-refractivity contribution in [3.8, 4) is 11.8 Å². The van der Waals surface area contributed by atoms with Gasteiger partial charge in [-0.1, -0.05) is 11.8 Å². The van der Waals surface area contributed by atoms with Crippen LogP contribution in [0.15, 0.2) is 36.7 Å². The normalized spacial score (nSPS) is 17.0. The highest BCUT2D eigenvalue weighted by Crippen LogP contribution is 2.27. The summed E-state index contributed by atoms with van der Waals surface area (Å²) < 4.78 is 14.5. The fourth-order valence-corrected chi connectivity index (χ4v) is 3.04. The standard InChI is InChI=1S/C19H16FN5O/c20-16-8-6-14(7-9-16)4-5-15-11-21-19-22-18(23-25(19)12-15)17-3-1-2-10-24(17)13-26/h6-9,11-13,17H,1-3,10H2. The fourth-order valence-electron chi connectivity index (χ4n) is 3.04. The molecule has 3 aromatic rings. The van der Waals surface area contributed by atoms with Crippen LogP contribution in [0.5, 0.6) is 0 Å². The molecule has 1 unspecified atom stereocenters. The van der Waals surface area contributed by atoms with Gasteiger partial charge in [0.15, 0.2) is 5.82 Å². The predicted octanol–water partition coefficient (Wildman–Crippen LogP) is 2.35. The molecule has 1 aliphatic rings. The van der Waals surface area contributed by atoms with Crippen LogP contribution in [-0.2, 0) is 4.79 Å². The topological polar surface area (TPSA) is 63.4 Å². The number of likely N-dealkylation sites (tertiary alicyclic amines) is 1. The first-order valence-electron chi connectivity index (χ1n) is 8.44. The second-order valence-electron chi connectivity index (χ2n) is 6.17. The van der Waals surface area contributed by atoms with Gasteiger partial charge in [-0.2, -0.15) is 4.98 Å². The number of aromatic nitrogens is 4. The van der Waals surface area contributed by atoms with Crippen LogP contribution in [0.3, 0.4) is 0 Å². The first kappa shape index (κ1) is 16.2. The number of piperidine rings is 1. The molecule has 1 atom stereocenters. The van der Waals surface area contributed by atoms with E-state index >= 15 is 0 Å².